The summed E-state index contributed by atoms with van der Waals surface area (Å²) in [6, 6.07) is 9.85. The maximum Gasteiger partial charge on any atom is 0.253 e. The van der Waals surface area contributed by atoms with Crippen molar-refractivity contribution >= 4 is 28.0 Å². The Bertz CT molecular complexity index is 1400. The van der Waals surface area contributed by atoms with Crippen LogP contribution >= 0.6 is 0 Å². The average Bonchev–Trinajstić information content (AvgIpc) is 3.52. The van der Waals surface area contributed by atoms with Crippen LogP contribution in [-0.2, 0) is 20.2 Å². The molecule has 4 aromatic rings. The van der Waals surface area contributed by atoms with Crippen LogP contribution in [0.5, 0.6) is 0 Å². The van der Waals surface area contributed by atoms with Crippen molar-refractivity contribution in [3.8, 4) is 11.5 Å². The molecule has 3 N–H and O–H groups in total. The van der Waals surface area contributed by atoms with Crippen LogP contribution in [-0.4, -0.2) is 54.1 Å². The van der Waals surface area contributed by atoms with Crippen molar-refractivity contribution in [1.29, 1.82) is 0 Å². The Hall–Kier alpha value is -3.23. The number of likely N-dealkylation sites (tertiary alicyclic amines) is 1. The fraction of sp³-hybridized carbons (Fsp3) is 0.423. The summed E-state index contributed by atoms with van der Waals surface area (Å²) in [6.45, 7) is 2.03. The first kappa shape index (κ1) is 21.3. The van der Waals surface area contributed by atoms with Gasteiger partial charge in [-0.3, -0.25) is 4.79 Å². The number of carbonyl (C=O) groups excluding carboxylic acids is 1. The zero-order chi connectivity index (χ0) is 23.4. The SMILES string of the molecule is Cn1c(-c2cc3cccnc3n2CC2CC2)nc2cc(C(=O)N3CCCC(N)C3)cc(CO)c21. The van der Waals surface area contributed by atoms with E-state index in [9.17, 15) is 9.90 Å². The molecule has 1 saturated heterocycles. The van der Waals surface area contributed by atoms with Crippen LogP contribution in [0.2, 0.25) is 0 Å². The lowest BCUT2D eigenvalue weighted by molar-refractivity contribution is 0.0709. The summed E-state index contributed by atoms with van der Waals surface area (Å²) >= 11 is 0. The number of benzene rings is 1. The molecule has 1 unspecified atom stereocenters. The number of aryl methyl sites for hydroxylation is 1. The number of nitrogens with two attached hydrogens (primary N) is 1. The number of pyridine rings is 1. The number of aliphatic hydroxyl groups excluding tert-OH is 1. The molecule has 0 bridgehead atoms. The molecule has 6 rings (SSSR count). The van der Waals surface area contributed by atoms with E-state index >= 15 is 0 Å². The molecule has 0 spiro atoms. The van der Waals surface area contributed by atoms with E-state index in [1.165, 1.54) is 12.8 Å². The normalized spacial score (nSPS) is 18.8. The number of imidazole rings is 1. The zero-order valence-corrected chi connectivity index (χ0v) is 19.4. The molecule has 176 valence electrons. The average molecular weight is 459 g/mol. The van der Waals surface area contributed by atoms with Gasteiger partial charge in [0.2, 0.25) is 0 Å². The molecule has 8 nitrogen and oxygen atoms in total. The molecule has 2 aliphatic rings. The van der Waals surface area contributed by atoms with Crippen molar-refractivity contribution in [3.05, 3.63) is 47.7 Å². The van der Waals surface area contributed by atoms with Crippen molar-refractivity contribution in [2.75, 3.05) is 13.1 Å². The van der Waals surface area contributed by atoms with Gasteiger partial charge < -0.3 is 24.9 Å². The number of amides is 1. The first-order valence-electron chi connectivity index (χ1n) is 12.1. The van der Waals surface area contributed by atoms with Crippen LogP contribution in [0.4, 0.5) is 0 Å². The standard InChI is InChI=1S/C26H30N6O2/c1-30-23-19(15-33)10-18(26(34)31-9-3-5-20(27)14-31)11-21(23)29-25(30)22-12-17-4-2-8-28-24(17)32(22)13-16-6-7-16/h2,4,8,10-12,16,20,33H,3,5-7,9,13-15,27H2,1H3. The van der Waals surface area contributed by atoms with E-state index < -0.39 is 0 Å². The molecule has 4 heterocycles. The molecule has 0 radical (unpaired) electrons. The Morgan fingerprint density at radius 2 is 2.09 bits per heavy atom. The highest BCUT2D eigenvalue weighted by Crippen LogP contribution is 2.36. The van der Waals surface area contributed by atoms with E-state index in [0.29, 0.717) is 35.7 Å². The monoisotopic (exact) mass is 458 g/mol. The number of fused-ring (bicyclic) bond motifs is 2. The minimum atomic E-state index is -0.164. The summed E-state index contributed by atoms with van der Waals surface area (Å²) in [5, 5.41) is 11.3. The van der Waals surface area contributed by atoms with Crippen LogP contribution in [0.15, 0.2) is 36.5 Å². The van der Waals surface area contributed by atoms with Crippen molar-refractivity contribution in [2.24, 2.45) is 18.7 Å². The number of hydrogen-bond acceptors (Lipinski definition) is 5. The van der Waals surface area contributed by atoms with Gasteiger partial charge in [-0.2, -0.15) is 0 Å². The molecule has 1 atom stereocenters. The molecule has 8 heteroatoms. The van der Waals surface area contributed by atoms with Gasteiger partial charge in [0.1, 0.15) is 5.65 Å². The summed E-state index contributed by atoms with van der Waals surface area (Å²) in [5.74, 6) is 1.44. The quantitative estimate of drug-likeness (QED) is 0.479. The molecule has 1 aromatic carbocycles. The van der Waals surface area contributed by atoms with Gasteiger partial charge >= 0.3 is 0 Å². The summed E-state index contributed by atoms with van der Waals surface area (Å²) in [7, 11) is 1.97. The molecular formula is C26H30N6O2. The third-order valence-electron chi connectivity index (χ3n) is 7.23. The highest BCUT2D eigenvalue weighted by atomic mass is 16.3. The van der Waals surface area contributed by atoms with Crippen LogP contribution in [0, 0.1) is 5.92 Å². The van der Waals surface area contributed by atoms with Crippen molar-refractivity contribution in [2.45, 2.75) is 44.9 Å². The lowest BCUT2D eigenvalue weighted by Crippen LogP contribution is -2.45. The topological polar surface area (TPSA) is 102 Å². The van der Waals surface area contributed by atoms with Gasteiger partial charge in [-0.15, -0.1) is 0 Å². The number of piperidine rings is 1. The summed E-state index contributed by atoms with van der Waals surface area (Å²) in [6.07, 6.45) is 6.18. The maximum atomic E-state index is 13.3. The van der Waals surface area contributed by atoms with Gasteiger partial charge in [0.25, 0.3) is 5.91 Å². The predicted octanol–water partition coefficient (Wildman–Crippen LogP) is 3.06. The molecule has 2 fully saturated rings. The number of aromatic nitrogens is 4. The number of nitrogens with zero attached hydrogens (tertiary/aromatic N) is 5. The predicted molar refractivity (Wildman–Crippen MR) is 131 cm³/mol. The van der Waals surface area contributed by atoms with Crippen LogP contribution in [0.1, 0.15) is 41.6 Å². The van der Waals surface area contributed by atoms with Gasteiger partial charge in [0.05, 0.1) is 23.3 Å². The van der Waals surface area contributed by atoms with Gasteiger partial charge in [-0.25, -0.2) is 9.97 Å². The molecule has 1 aliphatic heterocycles. The van der Waals surface area contributed by atoms with Gasteiger partial charge in [-0.05, 0) is 61.9 Å². The molecular weight excluding hydrogens is 428 g/mol. The van der Waals surface area contributed by atoms with Crippen molar-refractivity contribution < 1.29 is 9.90 Å². The second-order valence-corrected chi connectivity index (χ2v) is 9.81. The summed E-state index contributed by atoms with van der Waals surface area (Å²) < 4.78 is 4.30. The molecule has 34 heavy (non-hydrogen) atoms. The fourth-order valence-corrected chi connectivity index (χ4v) is 5.31. The van der Waals surface area contributed by atoms with E-state index in [-0.39, 0.29) is 18.6 Å². The zero-order valence-electron chi connectivity index (χ0n) is 19.4. The molecule has 1 saturated carbocycles. The highest BCUT2D eigenvalue weighted by molar-refractivity contribution is 5.99. The first-order chi connectivity index (χ1) is 16.5. The number of aliphatic hydroxyl groups is 1. The Morgan fingerprint density at radius 3 is 2.85 bits per heavy atom. The van der Waals surface area contributed by atoms with Gasteiger partial charge in [-0.1, -0.05) is 0 Å². The van der Waals surface area contributed by atoms with Crippen LogP contribution in [0.3, 0.4) is 0 Å². The Morgan fingerprint density at radius 1 is 1.24 bits per heavy atom. The van der Waals surface area contributed by atoms with Gasteiger partial charge in [0.15, 0.2) is 5.82 Å². The van der Waals surface area contributed by atoms with Crippen molar-refractivity contribution in [3.63, 3.8) is 0 Å². The van der Waals surface area contributed by atoms with E-state index in [0.717, 1.165) is 47.5 Å². The number of hydrogen-bond donors (Lipinski definition) is 2. The molecule has 1 aliphatic carbocycles. The van der Waals surface area contributed by atoms with E-state index in [2.05, 4.69) is 21.7 Å². The smallest absolute Gasteiger partial charge is 0.253 e. The molecule has 3 aromatic heterocycles. The Labute approximate surface area is 198 Å². The van der Waals surface area contributed by atoms with E-state index in [4.69, 9.17) is 10.7 Å². The van der Waals surface area contributed by atoms with Crippen molar-refractivity contribution in [1.82, 2.24) is 24.0 Å². The lowest BCUT2D eigenvalue weighted by atomic mass is 10.0. The fourth-order valence-electron chi connectivity index (χ4n) is 5.31. The largest absolute Gasteiger partial charge is 0.392 e. The summed E-state index contributed by atoms with van der Waals surface area (Å²) in [5.41, 5.74) is 10.9. The van der Waals surface area contributed by atoms with E-state index in [1.807, 2.05) is 34.8 Å². The summed E-state index contributed by atoms with van der Waals surface area (Å²) in [4.78, 5) is 24.7. The maximum absolute atomic E-state index is 13.3. The number of rotatable bonds is 5. The van der Waals surface area contributed by atoms with Gasteiger partial charge in [0, 0.05) is 55.4 Å². The number of carbonyl (C=O) groups is 1. The lowest BCUT2D eigenvalue weighted by Gasteiger charge is -2.31. The second-order valence-electron chi connectivity index (χ2n) is 9.81. The highest BCUT2D eigenvalue weighted by Gasteiger charge is 2.27. The van der Waals surface area contributed by atoms with E-state index in [1.54, 1.807) is 6.07 Å². The van der Waals surface area contributed by atoms with Crippen LogP contribution in [0.25, 0.3) is 33.6 Å². The third kappa shape index (κ3) is 3.58. The van der Waals surface area contributed by atoms with Crippen LogP contribution < -0.4 is 5.73 Å². The third-order valence-corrected chi connectivity index (χ3v) is 7.23. The molecule has 1 amide bonds. The minimum absolute atomic E-state index is 0.0159. The Balaban J connectivity index is 1.47. The Kier molecular flexibility index (Phi) is 5.15. The minimum Gasteiger partial charge on any atom is -0.392 e. The second kappa shape index (κ2) is 8.21. The first-order valence-corrected chi connectivity index (χ1v) is 12.1.